The van der Waals surface area contributed by atoms with Gasteiger partial charge in [-0.25, -0.2) is 0 Å². The average Bonchev–Trinajstić information content (AvgIpc) is 2.88. The molecule has 0 unspecified atom stereocenters. The van der Waals surface area contributed by atoms with Crippen LogP contribution in [0.1, 0.15) is 10.4 Å². The summed E-state index contributed by atoms with van der Waals surface area (Å²) in [7, 11) is 0. The number of anilines is 2. The number of aromatic amines is 1. The molecular formula is C13H11N5O. The highest BCUT2D eigenvalue weighted by Gasteiger charge is 2.10. The summed E-state index contributed by atoms with van der Waals surface area (Å²) in [6.45, 7) is 0. The molecule has 0 bridgehead atoms. The van der Waals surface area contributed by atoms with Crippen molar-refractivity contribution in [1.29, 1.82) is 0 Å². The molecule has 3 rings (SSSR count). The monoisotopic (exact) mass is 253 g/mol. The van der Waals surface area contributed by atoms with Gasteiger partial charge in [-0.1, -0.05) is 12.1 Å². The Morgan fingerprint density at radius 2 is 2.00 bits per heavy atom. The second kappa shape index (κ2) is 4.41. The number of amides is 1. The van der Waals surface area contributed by atoms with Crippen LogP contribution in [0.2, 0.25) is 0 Å². The van der Waals surface area contributed by atoms with Crippen LogP contribution in [0.3, 0.4) is 0 Å². The van der Waals surface area contributed by atoms with E-state index in [0.29, 0.717) is 28.0 Å². The van der Waals surface area contributed by atoms with Crippen molar-refractivity contribution in [3.63, 3.8) is 0 Å². The zero-order chi connectivity index (χ0) is 13.2. The maximum atomic E-state index is 12.1. The van der Waals surface area contributed by atoms with Crippen LogP contribution in [0, 0.1) is 0 Å². The van der Waals surface area contributed by atoms with Gasteiger partial charge in [-0.3, -0.25) is 4.79 Å². The smallest absolute Gasteiger partial charge is 0.255 e. The number of rotatable bonds is 2. The lowest BCUT2D eigenvalue weighted by Gasteiger charge is -2.05. The molecule has 0 radical (unpaired) electrons. The Hall–Kier alpha value is -2.89. The van der Waals surface area contributed by atoms with E-state index in [1.165, 1.54) is 0 Å². The maximum Gasteiger partial charge on any atom is 0.255 e. The molecule has 19 heavy (non-hydrogen) atoms. The Kier molecular flexibility index (Phi) is 2.60. The highest BCUT2D eigenvalue weighted by molar-refractivity contribution is 6.08. The van der Waals surface area contributed by atoms with Gasteiger partial charge in [0.05, 0.1) is 5.69 Å². The largest absolute Gasteiger partial charge is 0.399 e. The maximum absolute atomic E-state index is 12.1. The third-order valence-corrected chi connectivity index (χ3v) is 2.74. The van der Waals surface area contributed by atoms with Crippen molar-refractivity contribution in [1.82, 2.24) is 15.4 Å². The van der Waals surface area contributed by atoms with E-state index in [2.05, 4.69) is 20.7 Å². The van der Waals surface area contributed by atoms with Crippen molar-refractivity contribution in [2.45, 2.75) is 0 Å². The number of aromatic nitrogens is 3. The molecule has 0 aliphatic carbocycles. The number of H-pyrrole nitrogens is 1. The van der Waals surface area contributed by atoms with Crippen LogP contribution in [-0.4, -0.2) is 21.3 Å². The predicted octanol–water partition coefficient (Wildman–Crippen LogP) is 1.79. The molecule has 0 spiro atoms. The molecule has 6 nitrogen and oxygen atoms in total. The molecule has 94 valence electrons. The third kappa shape index (κ3) is 2.11. The van der Waals surface area contributed by atoms with Crippen molar-refractivity contribution >= 4 is 28.3 Å². The van der Waals surface area contributed by atoms with Gasteiger partial charge in [0, 0.05) is 11.3 Å². The molecule has 4 N–H and O–H groups in total. The van der Waals surface area contributed by atoms with Gasteiger partial charge >= 0.3 is 0 Å². The minimum absolute atomic E-state index is 0.234. The van der Waals surface area contributed by atoms with Gasteiger partial charge in [-0.2, -0.15) is 15.4 Å². The van der Waals surface area contributed by atoms with Crippen LogP contribution >= 0.6 is 0 Å². The SMILES string of the molecule is Nc1cccc(C(=O)Nc2cccc3n[nH]nc23)c1. The fourth-order valence-corrected chi connectivity index (χ4v) is 1.84. The zero-order valence-corrected chi connectivity index (χ0v) is 9.92. The first-order chi connectivity index (χ1) is 9.24. The van der Waals surface area contributed by atoms with Crippen molar-refractivity contribution in [3.8, 4) is 0 Å². The van der Waals surface area contributed by atoms with Crippen molar-refractivity contribution in [2.75, 3.05) is 11.1 Å². The first kappa shape index (κ1) is 11.2. The van der Waals surface area contributed by atoms with Gasteiger partial charge in [0.15, 0.2) is 0 Å². The molecular weight excluding hydrogens is 242 g/mol. The van der Waals surface area contributed by atoms with Crippen LogP contribution in [0.25, 0.3) is 11.0 Å². The highest BCUT2D eigenvalue weighted by Crippen LogP contribution is 2.19. The van der Waals surface area contributed by atoms with E-state index in [4.69, 9.17) is 5.73 Å². The summed E-state index contributed by atoms with van der Waals surface area (Å²) in [5, 5.41) is 13.3. The van der Waals surface area contributed by atoms with Gasteiger partial charge in [0.2, 0.25) is 0 Å². The molecule has 0 aliphatic rings. The summed E-state index contributed by atoms with van der Waals surface area (Å²) in [6.07, 6.45) is 0. The molecule has 0 saturated heterocycles. The summed E-state index contributed by atoms with van der Waals surface area (Å²) in [5.41, 5.74) is 8.64. The van der Waals surface area contributed by atoms with E-state index in [9.17, 15) is 4.79 Å². The second-order valence-electron chi connectivity index (χ2n) is 4.08. The zero-order valence-electron chi connectivity index (χ0n) is 9.92. The minimum Gasteiger partial charge on any atom is -0.399 e. The molecule has 1 heterocycles. The van der Waals surface area contributed by atoms with Crippen LogP contribution < -0.4 is 11.1 Å². The average molecular weight is 253 g/mol. The molecule has 6 heteroatoms. The van der Waals surface area contributed by atoms with Gasteiger partial charge < -0.3 is 11.1 Å². The molecule has 0 fully saturated rings. The first-order valence-electron chi connectivity index (χ1n) is 5.70. The lowest BCUT2D eigenvalue weighted by Crippen LogP contribution is -2.12. The number of nitrogens with two attached hydrogens (primary N) is 1. The fourth-order valence-electron chi connectivity index (χ4n) is 1.84. The summed E-state index contributed by atoms with van der Waals surface area (Å²) >= 11 is 0. The van der Waals surface area contributed by atoms with Crippen molar-refractivity contribution in [2.24, 2.45) is 0 Å². The van der Waals surface area contributed by atoms with Crippen LogP contribution in [0.4, 0.5) is 11.4 Å². The topological polar surface area (TPSA) is 96.7 Å². The summed E-state index contributed by atoms with van der Waals surface area (Å²) < 4.78 is 0. The van der Waals surface area contributed by atoms with Crippen molar-refractivity contribution in [3.05, 3.63) is 48.0 Å². The van der Waals surface area contributed by atoms with Gasteiger partial charge in [-0.05, 0) is 30.3 Å². The first-order valence-corrected chi connectivity index (χ1v) is 5.70. The number of hydrogen-bond acceptors (Lipinski definition) is 4. The quantitative estimate of drug-likeness (QED) is 0.606. The number of carbonyl (C=O) groups excluding carboxylic acids is 1. The molecule has 0 saturated carbocycles. The molecule has 1 aromatic heterocycles. The normalized spacial score (nSPS) is 10.5. The Bertz CT molecular complexity index is 749. The number of para-hydroxylation sites is 1. The number of hydrogen-bond donors (Lipinski definition) is 3. The number of carbonyl (C=O) groups is 1. The summed E-state index contributed by atoms with van der Waals surface area (Å²) in [6, 6.07) is 12.2. The molecule has 3 aromatic rings. The van der Waals surface area contributed by atoms with E-state index in [-0.39, 0.29) is 5.91 Å². The molecule has 0 aliphatic heterocycles. The summed E-state index contributed by atoms with van der Waals surface area (Å²) in [5.74, 6) is -0.234. The Morgan fingerprint density at radius 3 is 2.84 bits per heavy atom. The van der Waals surface area contributed by atoms with E-state index >= 15 is 0 Å². The number of nitrogen functional groups attached to an aromatic ring is 1. The van der Waals surface area contributed by atoms with Gasteiger partial charge in [0.25, 0.3) is 5.91 Å². The van der Waals surface area contributed by atoms with Crippen LogP contribution in [0.15, 0.2) is 42.5 Å². The van der Waals surface area contributed by atoms with E-state index in [1.807, 2.05) is 6.07 Å². The van der Waals surface area contributed by atoms with E-state index < -0.39 is 0 Å². The number of fused-ring (bicyclic) bond motifs is 1. The van der Waals surface area contributed by atoms with Gasteiger partial charge in [0.1, 0.15) is 11.0 Å². The van der Waals surface area contributed by atoms with E-state index in [1.54, 1.807) is 36.4 Å². The van der Waals surface area contributed by atoms with Crippen molar-refractivity contribution < 1.29 is 4.79 Å². The molecule has 0 atom stereocenters. The van der Waals surface area contributed by atoms with Gasteiger partial charge in [-0.15, -0.1) is 0 Å². The molecule has 2 aromatic carbocycles. The lowest BCUT2D eigenvalue weighted by molar-refractivity contribution is 0.102. The Balaban J connectivity index is 1.93. The highest BCUT2D eigenvalue weighted by atomic mass is 16.1. The minimum atomic E-state index is -0.234. The number of nitrogens with zero attached hydrogens (tertiary/aromatic N) is 2. The second-order valence-corrected chi connectivity index (χ2v) is 4.08. The number of nitrogens with one attached hydrogen (secondary N) is 2. The van der Waals surface area contributed by atoms with Crippen LogP contribution in [0.5, 0.6) is 0 Å². The summed E-state index contributed by atoms with van der Waals surface area (Å²) in [4.78, 5) is 12.1. The standard InChI is InChI=1S/C13H11N5O/c14-9-4-1-3-8(7-9)13(19)15-10-5-2-6-11-12(10)17-18-16-11/h1-7H,14H2,(H,15,19)(H,16,17,18). The van der Waals surface area contributed by atoms with E-state index in [0.717, 1.165) is 0 Å². The number of benzene rings is 2. The molecule has 1 amide bonds. The lowest BCUT2D eigenvalue weighted by atomic mass is 10.2. The third-order valence-electron chi connectivity index (χ3n) is 2.74. The Morgan fingerprint density at radius 1 is 1.16 bits per heavy atom. The predicted molar refractivity (Wildman–Crippen MR) is 72.7 cm³/mol. The Labute approximate surface area is 108 Å². The van der Waals surface area contributed by atoms with Crippen LogP contribution in [-0.2, 0) is 0 Å². The fraction of sp³-hybridized carbons (Fsp3) is 0.